The van der Waals surface area contributed by atoms with Crippen LogP contribution in [-0.4, -0.2) is 9.36 Å². The maximum atomic E-state index is 11.7. The van der Waals surface area contributed by atoms with Gasteiger partial charge >= 0.3 is 4.87 Å². The number of benzene rings is 1. The fourth-order valence-electron chi connectivity index (χ4n) is 1.89. The van der Waals surface area contributed by atoms with Gasteiger partial charge in [0.05, 0.1) is 5.69 Å². The quantitative estimate of drug-likeness (QED) is 0.795. The minimum atomic E-state index is 0.0818. The van der Waals surface area contributed by atoms with E-state index in [0.29, 0.717) is 0 Å². The Morgan fingerprint density at radius 1 is 1.18 bits per heavy atom. The second kappa shape index (κ2) is 4.27. The van der Waals surface area contributed by atoms with Gasteiger partial charge in [-0.2, -0.15) is 0 Å². The SMILES string of the molecule is O=c1sc(=Nc2ccc(Br)cc2)n2n1CCC2. The third-order valence-corrected chi connectivity index (χ3v) is 4.09. The number of rotatable bonds is 1. The molecule has 0 spiro atoms. The predicted octanol–water partition coefficient (Wildman–Crippen LogP) is 2.11. The summed E-state index contributed by atoms with van der Waals surface area (Å²) in [6.45, 7) is 1.69. The average molecular weight is 312 g/mol. The van der Waals surface area contributed by atoms with Gasteiger partial charge in [-0.25, -0.2) is 9.67 Å². The van der Waals surface area contributed by atoms with Crippen LogP contribution in [0.25, 0.3) is 0 Å². The van der Waals surface area contributed by atoms with Gasteiger partial charge in [0.15, 0.2) is 0 Å². The molecular weight excluding hydrogens is 302 g/mol. The van der Waals surface area contributed by atoms with Crippen LogP contribution in [0.4, 0.5) is 5.69 Å². The van der Waals surface area contributed by atoms with Crippen molar-refractivity contribution in [2.24, 2.45) is 4.99 Å². The molecule has 2 aromatic rings. The van der Waals surface area contributed by atoms with Crippen molar-refractivity contribution >= 4 is 33.0 Å². The molecule has 6 heteroatoms. The van der Waals surface area contributed by atoms with Gasteiger partial charge in [0.2, 0.25) is 4.80 Å². The van der Waals surface area contributed by atoms with Crippen LogP contribution in [0.3, 0.4) is 0 Å². The Bertz CT molecular complexity index is 665. The summed E-state index contributed by atoms with van der Waals surface area (Å²) in [5.74, 6) is 0. The van der Waals surface area contributed by atoms with Gasteiger partial charge in [-0.15, -0.1) is 0 Å². The monoisotopic (exact) mass is 311 g/mol. The first kappa shape index (κ1) is 11.0. The first-order valence-electron chi connectivity index (χ1n) is 5.35. The molecular formula is C11H10BrN3OS. The van der Waals surface area contributed by atoms with E-state index in [9.17, 15) is 4.79 Å². The summed E-state index contributed by atoms with van der Waals surface area (Å²) in [6, 6.07) is 7.76. The summed E-state index contributed by atoms with van der Waals surface area (Å²) in [5, 5.41) is 0. The molecule has 0 aliphatic carbocycles. The van der Waals surface area contributed by atoms with Crippen molar-refractivity contribution in [3.8, 4) is 0 Å². The first-order chi connectivity index (χ1) is 8.24. The highest BCUT2D eigenvalue weighted by atomic mass is 79.9. The third-order valence-electron chi connectivity index (χ3n) is 2.69. The average Bonchev–Trinajstić information content (AvgIpc) is 2.88. The molecule has 0 fully saturated rings. The van der Waals surface area contributed by atoms with Gasteiger partial charge in [-0.1, -0.05) is 15.9 Å². The zero-order valence-corrected chi connectivity index (χ0v) is 11.4. The maximum absolute atomic E-state index is 11.7. The van der Waals surface area contributed by atoms with E-state index in [0.717, 1.165) is 34.5 Å². The Balaban J connectivity index is 2.13. The van der Waals surface area contributed by atoms with Crippen LogP contribution in [0.2, 0.25) is 0 Å². The fourth-order valence-corrected chi connectivity index (χ4v) is 3.05. The molecule has 17 heavy (non-hydrogen) atoms. The second-order valence-corrected chi connectivity index (χ2v) is 5.67. The minimum absolute atomic E-state index is 0.0818. The van der Waals surface area contributed by atoms with Crippen molar-refractivity contribution in [3.63, 3.8) is 0 Å². The molecule has 0 atom stereocenters. The van der Waals surface area contributed by atoms with E-state index in [2.05, 4.69) is 20.9 Å². The molecule has 1 aromatic heterocycles. The van der Waals surface area contributed by atoms with E-state index in [1.165, 1.54) is 11.3 Å². The molecule has 0 saturated heterocycles. The Labute approximate surface area is 110 Å². The smallest absolute Gasteiger partial charge is 0.256 e. The van der Waals surface area contributed by atoms with Crippen molar-refractivity contribution in [2.45, 2.75) is 19.5 Å². The zero-order valence-electron chi connectivity index (χ0n) is 8.97. The van der Waals surface area contributed by atoms with Crippen LogP contribution in [0.15, 0.2) is 38.5 Å². The Kier molecular flexibility index (Phi) is 2.76. The van der Waals surface area contributed by atoms with E-state index >= 15 is 0 Å². The van der Waals surface area contributed by atoms with Crippen LogP contribution >= 0.6 is 27.3 Å². The molecule has 4 nitrogen and oxygen atoms in total. The highest BCUT2D eigenvalue weighted by Gasteiger charge is 2.13. The van der Waals surface area contributed by atoms with Crippen LogP contribution in [0.1, 0.15) is 6.42 Å². The summed E-state index contributed by atoms with van der Waals surface area (Å²) < 4.78 is 4.76. The number of hydrogen-bond donors (Lipinski definition) is 0. The molecule has 0 radical (unpaired) electrons. The molecule has 0 bridgehead atoms. The van der Waals surface area contributed by atoms with Crippen LogP contribution in [-0.2, 0) is 13.1 Å². The predicted molar refractivity (Wildman–Crippen MR) is 70.6 cm³/mol. The van der Waals surface area contributed by atoms with Crippen molar-refractivity contribution in [2.75, 3.05) is 0 Å². The highest BCUT2D eigenvalue weighted by Crippen LogP contribution is 2.16. The lowest BCUT2D eigenvalue weighted by Gasteiger charge is -1.97. The van der Waals surface area contributed by atoms with Crippen molar-refractivity contribution < 1.29 is 0 Å². The van der Waals surface area contributed by atoms with Crippen LogP contribution in [0.5, 0.6) is 0 Å². The normalized spacial score (nSPS) is 15.2. The lowest BCUT2D eigenvalue weighted by molar-refractivity contribution is 0.574. The van der Waals surface area contributed by atoms with Gasteiger partial charge < -0.3 is 0 Å². The van der Waals surface area contributed by atoms with E-state index in [1.807, 2.05) is 28.9 Å². The molecule has 3 rings (SSSR count). The molecule has 2 heterocycles. The minimum Gasteiger partial charge on any atom is -0.256 e. The van der Waals surface area contributed by atoms with E-state index < -0.39 is 0 Å². The van der Waals surface area contributed by atoms with E-state index in [-0.39, 0.29) is 4.87 Å². The topological polar surface area (TPSA) is 39.3 Å². The van der Waals surface area contributed by atoms with Gasteiger partial charge in [0.25, 0.3) is 0 Å². The van der Waals surface area contributed by atoms with E-state index in [4.69, 9.17) is 0 Å². The highest BCUT2D eigenvalue weighted by molar-refractivity contribution is 9.10. The lowest BCUT2D eigenvalue weighted by Crippen LogP contribution is -2.19. The molecule has 0 N–H and O–H groups in total. The molecule has 0 saturated carbocycles. The maximum Gasteiger partial charge on any atom is 0.325 e. The summed E-state index contributed by atoms with van der Waals surface area (Å²) in [6.07, 6.45) is 1.02. The summed E-state index contributed by atoms with van der Waals surface area (Å²) >= 11 is 4.59. The van der Waals surface area contributed by atoms with Crippen molar-refractivity contribution in [3.05, 3.63) is 43.2 Å². The van der Waals surface area contributed by atoms with E-state index in [1.54, 1.807) is 4.68 Å². The number of nitrogens with zero attached hydrogens (tertiary/aromatic N) is 3. The molecule has 88 valence electrons. The molecule has 1 aliphatic heterocycles. The number of halogens is 1. The summed E-state index contributed by atoms with van der Waals surface area (Å²) in [4.78, 5) is 17.1. The molecule has 1 aromatic carbocycles. The third kappa shape index (κ3) is 2.02. The van der Waals surface area contributed by atoms with Crippen LogP contribution in [0, 0.1) is 0 Å². The number of fused-ring (bicyclic) bond motifs is 1. The molecule has 1 aliphatic rings. The summed E-state index contributed by atoms with van der Waals surface area (Å²) in [5.41, 5.74) is 0.872. The second-order valence-electron chi connectivity index (χ2n) is 3.84. The molecule has 0 unspecified atom stereocenters. The van der Waals surface area contributed by atoms with Crippen molar-refractivity contribution in [1.29, 1.82) is 0 Å². The number of hydrogen-bond acceptors (Lipinski definition) is 3. The Morgan fingerprint density at radius 3 is 2.65 bits per heavy atom. The van der Waals surface area contributed by atoms with Gasteiger partial charge in [-0.3, -0.25) is 9.48 Å². The fraction of sp³-hybridized carbons (Fsp3) is 0.273. The largest absolute Gasteiger partial charge is 0.325 e. The lowest BCUT2D eigenvalue weighted by atomic mass is 10.3. The number of aromatic nitrogens is 2. The van der Waals surface area contributed by atoms with Crippen LogP contribution < -0.4 is 9.67 Å². The standard InChI is InChI=1S/C11H10BrN3OS/c12-8-2-4-9(5-3-8)13-10-14-6-1-7-15(14)11(16)17-10/h2-5H,1,6-7H2. The van der Waals surface area contributed by atoms with Gasteiger partial charge in [-0.05, 0) is 42.0 Å². The summed E-state index contributed by atoms with van der Waals surface area (Å²) in [7, 11) is 0. The Hall–Kier alpha value is -1.14. The first-order valence-corrected chi connectivity index (χ1v) is 6.96. The Morgan fingerprint density at radius 2 is 1.88 bits per heavy atom. The van der Waals surface area contributed by atoms with Crippen molar-refractivity contribution in [1.82, 2.24) is 9.36 Å². The zero-order chi connectivity index (χ0) is 11.8. The van der Waals surface area contributed by atoms with Gasteiger partial charge in [0, 0.05) is 17.6 Å². The van der Waals surface area contributed by atoms with Gasteiger partial charge in [0.1, 0.15) is 0 Å². The molecule has 0 amide bonds.